The molecule has 0 N–H and O–H groups in total. The Morgan fingerprint density at radius 1 is 1.32 bits per heavy atom. The standard InChI is InChI=1S/C18H17ClN4O4S/c1-22-17(26-2)9-16(24)23(18(22)25)10-15-20-14(21-27-15)8-7-13(28)11-3-5-12(19)6-4-11/h3-9,13,28H,10H2,1-2H3/b8-7+. The van der Waals surface area contributed by atoms with Crippen LogP contribution < -0.4 is 16.0 Å². The van der Waals surface area contributed by atoms with Crippen molar-refractivity contribution in [3.05, 3.63) is 79.5 Å². The molecular weight excluding hydrogens is 404 g/mol. The number of benzene rings is 1. The molecule has 0 fully saturated rings. The summed E-state index contributed by atoms with van der Waals surface area (Å²) in [4.78, 5) is 28.6. The number of hydrogen-bond acceptors (Lipinski definition) is 7. The number of thiol groups is 1. The summed E-state index contributed by atoms with van der Waals surface area (Å²) in [5, 5.41) is 4.30. The minimum absolute atomic E-state index is 0.131. The zero-order chi connectivity index (χ0) is 20.3. The average Bonchev–Trinajstić information content (AvgIpc) is 3.14. The van der Waals surface area contributed by atoms with Crippen LogP contribution in [0.5, 0.6) is 5.88 Å². The minimum Gasteiger partial charge on any atom is -0.482 e. The highest BCUT2D eigenvalue weighted by Crippen LogP contribution is 2.23. The molecule has 2 heterocycles. The third-order valence-corrected chi connectivity index (χ3v) is 4.71. The van der Waals surface area contributed by atoms with Gasteiger partial charge >= 0.3 is 5.69 Å². The van der Waals surface area contributed by atoms with Crippen molar-refractivity contribution in [3.8, 4) is 5.88 Å². The molecule has 0 bridgehead atoms. The molecule has 0 saturated heterocycles. The molecule has 0 spiro atoms. The van der Waals surface area contributed by atoms with E-state index >= 15 is 0 Å². The molecular formula is C18H17ClN4O4S. The lowest BCUT2D eigenvalue weighted by Gasteiger charge is -2.08. The van der Waals surface area contributed by atoms with E-state index in [4.69, 9.17) is 20.9 Å². The predicted molar refractivity (Wildman–Crippen MR) is 108 cm³/mol. The second kappa shape index (κ2) is 8.49. The first-order valence-electron chi connectivity index (χ1n) is 8.18. The van der Waals surface area contributed by atoms with E-state index in [9.17, 15) is 9.59 Å². The van der Waals surface area contributed by atoms with Crippen molar-refractivity contribution in [1.82, 2.24) is 19.3 Å². The van der Waals surface area contributed by atoms with E-state index in [1.165, 1.54) is 24.8 Å². The Balaban J connectivity index is 1.76. The number of methoxy groups -OCH3 is 1. The van der Waals surface area contributed by atoms with Crippen LogP contribution >= 0.6 is 24.2 Å². The number of aromatic nitrogens is 4. The molecule has 3 rings (SSSR count). The minimum atomic E-state index is -0.544. The van der Waals surface area contributed by atoms with Crippen molar-refractivity contribution in [2.75, 3.05) is 7.11 Å². The van der Waals surface area contributed by atoms with Crippen LogP contribution in [0.1, 0.15) is 22.5 Å². The zero-order valence-electron chi connectivity index (χ0n) is 15.1. The summed E-state index contributed by atoms with van der Waals surface area (Å²) < 4.78 is 12.3. The van der Waals surface area contributed by atoms with Crippen molar-refractivity contribution in [1.29, 1.82) is 0 Å². The molecule has 0 aliphatic heterocycles. The number of rotatable bonds is 6. The van der Waals surface area contributed by atoms with Gasteiger partial charge in [-0.2, -0.15) is 17.6 Å². The van der Waals surface area contributed by atoms with Gasteiger partial charge in [0.1, 0.15) is 6.54 Å². The van der Waals surface area contributed by atoms with E-state index < -0.39 is 11.2 Å². The molecule has 0 saturated carbocycles. The smallest absolute Gasteiger partial charge is 0.334 e. The Morgan fingerprint density at radius 2 is 2.04 bits per heavy atom. The normalized spacial score (nSPS) is 12.4. The molecule has 0 amide bonds. The number of ether oxygens (including phenoxy) is 1. The van der Waals surface area contributed by atoms with Gasteiger partial charge in [0.25, 0.3) is 5.56 Å². The van der Waals surface area contributed by atoms with E-state index in [0.717, 1.165) is 10.1 Å². The Labute approximate surface area is 170 Å². The summed E-state index contributed by atoms with van der Waals surface area (Å²) in [7, 11) is 2.89. The first kappa shape index (κ1) is 20.0. The number of nitrogens with zero attached hydrogens (tertiary/aromatic N) is 4. The molecule has 1 aromatic carbocycles. The van der Waals surface area contributed by atoms with Crippen LogP contribution in [0.3, 0.4) is 0 Å². The average molecular weight is 421 g/mol. The molecule has 3 aromatic rings. The molecule has 1 unspecified atom stereocenters. The Kier molecular flexibility index (Phi) is 6.05. The lowest BCUT2D eigenvalue weighted by Crippen LogP contribution is -2.39. The maximum absolute atomic E-state index is 12.3. The van der Waals surface area contributed by atoms with Gasteiger partial charge in [-0.1, -0.05) is 35.0 Å². The maximum Gasteiger partial charge on any atom is 0.334 e. The molecule has 28 heavy (non-hydrogen) atoms. The van der Waals surface area contributed by atoms with Crippen molar-refractivity contribution in [2.45, 2.75) is 11.8 Å². The fraction of sp³-hybridized carbons (Fsp3) is 0.222. The van der Waals surface area contributed by atoms with E-state index in [-0.39, 0.29) is 23.6 Å². The summed E-state index contributed by atoms with van der Waals surface area (Å²) in [6.45, 7) is -0.141. The van der Waals surface area contributed by atoms with Crippen molar-refractivity contribution in [3.63, 3.8) is 0 Å². The van der Waals surface area contributed by atoms with Crippen LogP contribution in [-0.4, -0.2) is 26.4 Å². The maximum atomic E-state index is 12.3. The number of hydrogen-bond donors (Lipinski definition) is 1. The fourth-order valence-electron chi connectivity index (χ4n) is 2.47. The van der Waals surface area contributed by atoms with Gasteiger partial charge in [0.2, 0.25) is 11.8 Å². The summed E-state index contributed by atoms with van der Waals surface area (Å²) >= 11 is 10.4. The van der Waals surface area contributed by atoms with Crippen LogP contribution in [0.25, 0.3) is 6.08 Å². The summed E-state index contributed by atoms with van der Waals surface area (Å²) in [6, 6.07) is 8.53. The Bertz CT molecular complexity index is 1120. The second-order valence-electron chi connectivity index (χ2n) is 5.85. The fourth-order valence-corrected chi connectivity index (χ4v) is 2.86. The van der Waals surface area contributed by atoms with E-state index in [1.54, 1.807) is 24.3 Å². The lowest BCUT2D eigenvalue weighted by atomic mass is 10.1. The largest absolute Gasteiger partial charge is 0.482 e. The van der Waals surface area contributed by atoms with Crippen LogP contribution in [0.4, 0.5) is 0 Å². The van der Waals surface area contributed by atoms with E-state index in [1.807, 2.05) is 12.1 Å². The van der Waals surface area contributed by atoms with Gasteiger partial charge in [-0.15, -0.1) is 0 Å². The van der Waals surface area contributed by atoms with Gasteiger partial charge in [-0.05, 0) is 23.8 Å². The molecule has 10 heteroatoms. The Morgan fingerprint density at radius 3 is 2.71 bits per heavy atom. The SMILES string of the molecule is COc1cc(=O)n(Cc2nc(/C=C/C(S)c3ccc(Cl)cc3)no2)c(=O)n1C. The van der Waals surface area contributed by atoms with E-state index in [2.05, 4.69) is 22.8 Å². The van der Waals surface area contributed by atoms with Gasteiger partial charge in [-0.3, -0.25) is 13.9 Å². The zero-order valence-corrected chi connectivity index (χ0v) is 16.7. The highest BCUT2D eigenvalue weighted by atomic mass is 35.5. The summed E-state index contributed by atoms with van der Waals surface area (Å²) in [5.74, 6) is 0.607. The summed E-state index contributed by atoms with van der Waals surface area (Å²) in [6.07, 6.45) is 3.44. The quantitative estimate of drug-likeness (QED) is 0.615. The summed E-state index contributed by atoms with van der Waals surface area (Å²) in [5.41, 5.74) is -0.104. The molecule has 0 aliphatic carbocycles. The topological polar surface area (TPSA) is 92.2 Å². The van der Waals surface area contributed by atoms with Crippen LogP contribution in [-0.2, 0) is 13.6 Å². The molecule has 1 atom stereocenters. The predicted octanol–water partition coefficient (Wildman–Crippen LogP) is 2.32. The molecule has 8 nitrogen and oxygen atoms in total. The first-order chi connectivity index (χ1) is 13.4. The first-order valence-corrected chi connectivity index (χ1v) is 9.07. The van der Waals surface area contributed by atoms with Gasteiger partial charge in [0.15, 0.2) is 5.82 Å². The van der Waals surface area contributed by atoms with Crippen LogP contribution in [0.15, 0.2) is 50.5 Å². The van der Waals surface area contributed by atoms with Gasteiger partial charge in [-0.25, -0.2) is 4.79 Å². The second-order valence-corrected chi connectivity index (χ2v) is 6.85. The molecule has 0 aliphatic rings. The third kappa shape index (κ3) is 4.37. The van der Waals surface area contributed by atoms with Crippen LogP contribution in [0.2, 0.25) is 5.02 Å². The molecule has 146 valence electrons. The monoisotopic (exact) mass is 420 g/mol. The molecule has 2 aromatic heterocycles. The highest BCUT2D eigenvalue weighted by molar-refractivity contribution is 7.80. The van der Waals surface area contributed by atoms with E-state index in [0.29, 0.717) is 10.8 Å². The van der Waals surface area contributed by atoms with Crippen molar-refractivity contribution < 1.29 is 9.26 Å². The lowest BCUT2D eigenvalue weighted by molar-refractivity contribution is 0.351. The van der Waals surface area contributed by atoms with Gasteiger partial charge in [0, 0.05) is 17.3 Å². The van der Waals surface area contributed by atoms with Crippen molar-refractivity contribution in [2.24, 2.45) is 7.05 Å². The van der Waals surface area contributed by atoms with Crippen molar-refractivity contribution >= 4 is 30.3 Å². The van der Waals surface area contributed by atoms with Gasteiger partial charge < -0.3 is 9.26 Å². The molecule has 0 radical (unpaired) electrons. The number of halogens is 1. The van der Waals surface area contributed by atoms with Gasteiger partial charge in [0.05, 0.1) is 13.2 Å². The highest BCUT2D eigenvalue weighted by Gasteiger charge is 2.13. The van der Waals surface area contributed by atoms with Crippen LogP contribution in [0, 0.1) is 0 Å². The Hall–Kier alpha value is -2.78. The third-order valence-electron chi connectivity index (χ3n) is 3.99.